The summed E-state index contributed by atoms with van der Waals surface area (Å²) in [5.74, 6) is -0.0837. The Morgan fingerprint density at radius 3 is 2.69 bits per heavy atom. The van der Waals surface area contributed by atoms with Crippen LogP contribution in [0.15, 0.2) is 30.6 Å². The van der Waals surface area contributed by atoms with Gasteiger partial charge in [0.2, 0.25) is 0 Å². The molecule has 0 radical (unpaired) electrons. The lowest BCUT2D eigenvalue weighted by Crippen LogP contribution is -2.31. The molecule has 2 heterocycles. The van der Waals surface area contributed by atoms with Gasteiger partial charge in [-0.15, -0.1) is 0 Å². The van der Waals surface area contributed by atoms with E-state index in [1.165, 1.54) is 18.3 Å². The molecule has 1 unspecified atom stereocenters. The molecule has 10 nitrogen and oxygen atoms in total. The van der Waals surface area contributed by atoms with Gasteiger partial charge in [0, 0.05) is 38.3 Å². The number of nitrogens with zero attached hydrogens (tertiary/aromatic N) is 5. The Morgan fingerprint density at radius 2 is 2.08 bits per heavy atom. The third-order valence-corrected chi connectivity index (χ3v) is 4.50. The summed E-state index contributed by atoms with van der Waals surface area (Å²) in [6.07, 6.45) is 4.85. The smallest absolute Gasteiger partial charge is 0.299 e. The minimum Gasteiger partial charge on any atom is -0.363 e. The first-order valence-electron chi connectivity index (χ1n) is 8.08. The van der Waals surface area contributed by atoms with Gasteiger partial charge in [-0.25, -0.2) is 0 Å². The number of ketones is 1. The standard InChI is InChI=1S/C16H17N5O5/c1-18-10-11(9-17-18)16(22)8-12-3-2-6-19(12)14-5-4-13(20(23)24)7-15(14)21(25)26/h4-5,7,9-10,12H,2-3,6,8H2,1H3. The molecule has 1 aromatic heterocycles. The maximum absolute atomic E-state index is 12.4. The van der Waals surface area contributed by atoms with Crippen LogP contribution in [0.2, 0.25) is 0 Å². The molecule has 136 valence electrons. The van der Waals surface area contributed by atoms with Crippen LogP contribution in [-0.4, -0.2) is 38.0 Å². The number of aryl methyl sites for hydroxylation is 1. The SMILES string of the molecule is Cn1cc(C(=O)CC2CCCN2c2ccc([N+](=O)[O-])cc2[N+](=O)[O-])cn1. The molecular formula is C16H17N5O5. The van der Waals surface area contributed by atoms with Crippen molar-refractivity contribution in [1.82, 2.24) is 9.78 Å². The van der Waals surface area contributed by atoms with Crippen LogP contribution in [-0.2, 0) is 7.05 Å². The van der Waals surface area contributed by atoms with E-state index in [0.29, 0.717) is 17.8 Å². The van der Waals surface area contributed by atoms with Gasteiger partial charge in [0.15, 0.2) is 5.78 Å². The molecule has 2 aromatic rings. The Hall–Kier alpha value is -3.30. The summed E-state index contributed by atoms with van der Waals surface area (Å²) in [7, 11) is 1.72. The Kier molecular flexibility index (Phi) is 4.65. The number of nitro benzene ring substituents is 2. The van der Waals surface area contributed by atoms with Gasteiger partial charge in [0.1, 0.15) is 5.69 Å². The molecule has 26 heavy (non-hydrogen) atoms. The summed E-state index contributed by atoms with van der Waals surface area (Å²) in [5.41, 5.74) is 0.155. The van der Waals surface area contributed by atoms with Crippen LogP contribution in [0.4, 0.5) is 17.1 Å². The Balaban J connectivity index is 1.87. The number of anilines is 1. The lowest BCUT2D eigenvalue weighted by molar-refractivity contribution is -0.393. The van der Waals surface area contributed by atoms with Crippen molar-refractivity contribution in [3.05, 3.63) is 56.4 Å². The number of nitro groups is 2. The number of hydrogen-bond donors (Lipinski definition) is 0. The Labute approximate surface area is 148 Å². The lowest BCUT2D eigenvalue weighted by atomic mass is 10.0. The number of Topliss-reactive ketones (excluding diaryl/α,β-unsaturated/α-hetero) is 1. The molecule has 1 saturated heterocycles. The molecule has 1 atom stereocenters. The topological polar surface area (TPSA) is 124 Å². The first kappa shape index (κ1) is 17.5. The van der Waals surface area contributed by atoms with Crippen molar-refractivity contribution in [1.29, 1.82) is 0 Å². The molecule has 0 spiro atoms. The zero-order chi connectivity index (χ0) is 18.8. The van der Waals surface area contributed by atoms with Gasteiger partial charge in [-0.05, 0) is 18.9 Å². The first-order valence-corrected chi connectivity index (χ1v) is 8.08. The minimum atomic E-state index is -0.663. The molecule has 0 saturated carbocycles. The van der Waals surface area contributed by atoms with Gasteiger partial charge < -0.3 is 4.90 Å². The summed E-state index contributed by atoms with van der Waals surface area (Å²) in [4.78, 5) is 35.2. The Morgan fingerprint density at radius 1 is 1.31 bits per heavy atom. The molecule has 0 aliphatic carbocycles. The third kappa shape index (κ3) is 3.39. The van der Waals surface area contributed by atoms with E-state index in [0.717, 1.165) is 18.9 Å². The van der Waals surface area contributed by atoms with Crippen LogP contribution in [0.3, 0.4) is 0 Å². The van der Waals surface area contributed by atoms with E-state index in [-0.39, 0.29) is 29.6 Å². The maximum atomic E-state index is 12.4. The van der Waals surface area contributed by atoms with Crippen molar-refractivity contribution >= 4 is 22.8 Å². The van der Waals surface area contributed by atoms with Gasteiger partial charge in [-0.1, -0.05) is 0 Å². The second-order valence-electron chi connectivity index (χ2n) is 6.21. The van der Waals surface area contributed by atoms with Crippen LogP contribution in [0.1, 0.15) is 29.6 Å². The third-order valence-electron chi connectivity index (χ3n) is 4.50. The monoisotopic (exact) mass is 359 g/mol. The molecule has 3 rings (SSSR count). The number of rotatable bonds is 6. The summed E-state index contributed by atoms with van der Waals surface area (Å²) >= 11 is 0. The fraction of sp³-hybridized carbons (Fsp3) is 0.375. The largest absolute Gasteiger partial charge is 0.363 e. The first-order chi connectivity index (χ1) is 12.4. The highest BCUT2D eigenvalue weighted by Crippen LogP contribution is 2.37. The molecule has 0 N–H and O–H groups in total. The van der Waals surface area contributed by atoms with Crippen molar-refractivity contribution < 1.29 is 14.6 Å². The highest BCUT2D eigenvalue weighted by molar-refractivity contribution is 5.96. The molecular weight excluding hydrogens is 342 g/mol. The molecule has 1 aliphatic rings. The normalized spacial score (nSPS) is 16.7. The number of carbonyl (C=O) groups is 1. The van der Waals surface area contributed by atoms with Gasteiger partial charge in [0.05, 0.1) is 27.7 Å². The van der Waals surface area contributed by atoms with Crippen molar-refractivity contribution in [2.45, 2.75) is 25.3 Å². The highest BCUT2D eigenvalue weighted by atomic mass is 16.6. The molecule has 1 aliphatic heterocycles. The lowest BCUT2D eigenvalue weighted by Gasteiger charge is -2.25. The van der Waals surface area contributed by atoms with Crippen LogP contribution in [0.25, 0.3) is 0 Å². The number of carbonyl (C=O) groups excluding carboxylic acids is 1. The van der Waals surface area contributed by atoms with Crippen molar-refractivity contribution in [3.63, 3.8) is 0 Å². The van der Waals surface area contributed by atoms with Gasteiger partial charge in [-0.2, -0.15) is 5.10 Å². The van der Waals surface area contributed by atoms with Crippen molar-refractivity contribution in [2.24, 2.45) is 7.05 Å². The van der Waals surface area contributed by atoms with Gasteiger partial charge in [-0.3, -0.25) is 29.7 Å². The van der Waals surface area contributed by atoms with Crippen LogP contribution in [0, 0.1) is 20.2 Å². The number of benzene rings is 1. The molecule has 0 bridgehead atoms. The summed E-state index contributed by atoms with van der Waals surface area (Å²) in [6.45, 7) is 0.559. The zero-order valence-corrected chi connectivity index (χ0v) is 14.1. The predicted molar refractivity (Wildman–Crippen MR) is 92.3 cm³/mol. The van der Waals surface area contributed by atoms with E-state index < -0.39 is 9.85 Å². The van der Waals surface area contributed by atoms with E-state index in [2.05, 4.69) is 5.10 Å². The molecule has 1 fully saturated rings. The quantitative estimate of drug-likeness (QED) is 0.441. The average molecular weight is 359 g/mol. The average Bonchev–Trinajstić information content (AvgIpc) is 3.23. The Bertz CT molecular complexity index is 878. The highest BCUT2D eigenvalue weighted by Gasteiger charge is 2.32. The van der Waals surface area contributed by atoms with Crippen LogP contribution in [0.5, 0.6) is 0 Å². The van der Waals surface area contributed by atoms with E-state index in [4.69, 9.17) is 0 Å². The fourth-order valence-electron chi connectivity index (χ4n) is 3.28. The van der Waals surface area contributed by atoms with Crippen LogP contribution < -0.4 is 4.90 Å². The molecule has 1 aromatic carbocycles. The second kappa shape index (κ2) is 6.90. The second-order valence-corrected chi connectivity index (χ2v) is 6.21. The molecule has 10 heteroatoms. The van der Waals surface area contributed by atoms with Gasteiger partial charge in [0.25, 0.3) is 11.4 Å². The van der Waals surface area contributed by atoms with Gasteiger partial charge >= 0.3 is 0 Å². The number of aromatic nitrogens is 2. The maximum Gasteiger partial charge on any atom is 0.299 e. The van der Waals surface area contributed by atoms with Crippen LogP contribution >= 0.6 is 0 Å². The molecule has 0 amide bonds. The predicted octanol–water partition coefficient (Wildman–Crippen LogP) is 2.48. The number of non-ortho nitro benzene ring substituents is 1. The summed E-state index contributed by atoms with van der Waals surface area (Å²) in [5, 5.41) is 26.3. The van der Waals surface area contributed by atoms with E-state index >= 15 is 0 Å². The van der Waals surface area contributed by atoms with E-state index in [1.54, 1.807) is 22.8 Å². The number of hydrogen-bond acceptors (Lipinski definition) is 7. The fourth-order valence-corrected chi connectivity index (χ4v) is 3.28. The van der Waals surface area contributed by atoms with Crippen molar-refractivity contribution in [2.75, 3.05) is 11.4 Å². The summed E-state index contributed by atoms with van der Waals surface area (Å²) in [6, 6.07) is 3.42. The van der Waals surface area contributed by atoms with E-state index in [9.17, 15) is 25.0 Å². The van der Waals surface area contributed by atoms with Crippen molar-refractivity contribution in [3.8, 4) is 0 Å². The summed E-state index contributed by atoms with van der Waals surface area (Å²) < 4.78 is 1.54. The van der Waals surface area contributed by atoms with E-state index in [1.807, 2.05) is 0 Å². The zero-order valence-electron chi connectivity index (χ0n) is 14.1. The minimum absolute atomic E-state index is 0.0837.